The molecule has 25 heavy (non-hydrogen) atoms. The lowest BCUT2D eigenvalue weighted by molar-refractivity contribution is -0.944. The van der Waals surface area contributed by atoms with Gasteiger partial charge in [-0.3, -0.25) is 0 Å². The maximum absolute atomic E-state index is 5.55. The Morgan fingerprint density at radius 1 is 1.24 bits per heavy atom. The monoisotopic (exact) mass is 352 g/mol. The van der Waals surface area contributed by atoms with Gasteiger partial charge in [0.1, 0.15) is 6.04 Å². The third kappa shape index (κ3) is 3.42. The molecule has 3 aliphatic rings. The molecule has 3 saturated heterocycles. The van der Waals surface area contributed by atoms with E-state index in [1.54, 1.807) is 4.90 Å². The van der Waals surface area contributed by atoms with E-state index >= 15 is 0 Å². The molecular formula is C21H26N3S+. The molecule has 2 bridgehead atoms. The van der Waals surface area contributed by atoms with Gasteiger partial charge in [-0.25, -0.2) is 0 Å². The first kappa shape index (κ1) is 16.6. The molecule has 2 aromatic carbocycles. The Morgan fingerprint density at radius 3 is 2.88 bits per heavy atom. The summed E-state index contributed by atoms with van der Waals surface area (Å²) >= 11 is 5.55. The van der Waals surface area contributed by atoms with Crippen LogP contribution in [-0.2, 0) is 0 Å². The summed E-state index contributed by atoms with van der Waals surface area (Å²) in [6, 6.07) is 15.3. The number of benzene rings is 2. The summed E-state index contributed by atoms with van der Waals surface area (Å²) in [5.74, 6) is 1.53. The van der Waals surface area contributed by atoms with Crippen molar-refractivity contribution in [1.29, 1.82) is 0 Å². The first-order valence-electron chi connectivity index (χ1n) is 9.24. The number of nitrogens with one attached hydrogen (secondary N) is 3. The van der Waals surface area contributed by atoms with Crippen LogP contribution in [0.25, 0.3) is 10.8 Å². The summed E-state index contributed by atoms with van der Waals surface area (Å²) in [6.45, 7) is 7.50. The minimum Gasteiger partial charge on any atom is -0.356 e. The number of quaternary nitrogens is 1. The molecule has 5 rings (SSSR count). The van der Waals surface area contributed by atoms with Crippen LogP contribution in [0.1, 0.15) is 12.8 Å². The van der Waals surface area contributed by atoms with Crippen molar-refractivity contribution in [3.05, 3.63) is 55.1 Å². The largest absolute Gasteiger partial charge is 0.356 e. The molecule has 3 fully saturated rings. The number of anilines is 1. The molecular weight excluding hydrogens is 326 g/mol. The van der Waals surface area contributed by atoms with Crippen molar-refractivity contribution in [3.63, 3.8) is 0 Å². The van der Waals surface area contributed by atoms with E-state index in [2.05, 4.69) is 65.8 Å². The van der Waals surface area contributed by atoms with Gasteiger partial charge in [0.25, 0.3) is 0 Å². The second kappa shape index (κ2) is 7.14. The molecule has 0 aromatic heterocycles. The van der Waals surface area contributed by atoms with E-state index < -0.39 is 0 Å². The Bertz CT molecular complexity index is 782. The van der Waals surface area contributed by atoms with E-state index in [1.807, 2.05) is 0 Å². The summed E-state index contributed by atoms with van der Waals surface area (Å²) in [7, 11) is 0. The van der Waals surface area contributed by atoms with Crippen molar-refractivity contribution in [2.45, 2.75) is 18.9 Å². The lowest BCUT2D eigenvalue weighted by atomic mass is 9.76. The second-order valence-corrected chi connectivity index (χ2v) is 7.76. The van der Waals surface area contributed by atoms with Crippen LogP contribution in [0.2, 0.25) is 0 Å². The lowest BCUT2D eigenvalue weighted by Crippen LogP contribution is -3.20. The standard InChI is InChI=1S/C21H25N3S/c1-2-15-14-24-11-10-17(15)12-18(24)13-22-21(25)23-20-9-5-7-16-6-3-4-8-19(16)20/h2-9,15,17-18H,1,10-14H2,(H2,22,23,25)/p+1/t15-,17-,18+/m0/s1. The number of piperidine rings is 3. The highest BCUT2D eigenvalue weighted by molar-refractivity contribution is 7.80. The zero-order valence-electron chi connectivity index (χ0n) is 14.5. The summed E-state index contributed by atoms with van der Waals surface area (Å²) in [5.41, 5.74) is 1.07. The average Bonchev–Trinajstić information content (AvgIpc) is 2.67. The Balaban J connectivity index is 1.36. The quantitative estimate of drug-likeness (QED) is 0.584. The van der Waals surface area contributed by atoms with Crippen LogP contribution in [0.15, 0.2) is 55.1 Å². The molecule has 2 aromatic rings. The molecule has 3 N–H and O–H groups in total. The van der Waals surface area contributed by atoms with Gasteiger partial charge in [0.2, 0.25) is 0 Å². The molecule has 1 unspecified atom stereocenters. The number of rotatable bonds is 4. The molecule has 0 amide bonds. The molecule has 4 atom stereocenters. The van der Waals surface area contributed by atoms with Gasteiger partial charge in [-0.1, -0.05) is 42.5 Å². The molecule has 0 spiro atoms. The zero-order valence-corrected chi connectivity index (χ0v) is 15.3. The molecule has 4 heteroatoms. The highest BCUT2D eigenvalue weighted by Gasteiger charge is 2.42. The lowest BCUT2D eigenvalue weighted by Gasteiger charge is -2.46. The minimum absolute atomic E-state index is 0.669. The second-order valence-electron chi connectivity index (χ2n) is 7.36. The molecule has 0 radical (unpaired) electrons. The SMILES string of the molecule is C=C[C@H]1C[NH+]2CC[C@H]1C[C@@H]2CNC(=S)Nc1cccc2ccccc12. The third-order valence-corrected chi connectivity index (χ3v) is 6.20. The predicted octanol–water partition coefficient (Wildman–Crippen LogP) is 2.61. The normalized spacial score (nSPS) is 27.8. The maximum atomic E-state index is 5.55. The Morgan fingerprint density at radius 2 is 2.08 bits per heavy atom. The van der Waals surface area contributed by atoms with Crippen molar-refractivity contribution < 1.29 is 4.90 Å². The molecule has 0 saturated carbocycles. The van der Waals surface area contributed by atoms with Crippen molar-refractivity contribution in [3.8, 4) is 0 Å². The van der Waals surface area contributed by atoms with Crippen molar-refractivity contribution in [2.24, 2.45) is 11.8 Å². The first-order valence-corrected chi connectivity index (χ1v) is 9.65. The summed E-state index contributed by atoms with van der Waals surface area (Å²) < 4.78 is 0. The van der Waals surface area contributed by atoms with Gasteiger partial charge in [0.05, 0.1) is 19.6 Å². The predicted molar refractivity (Wildman–Crippen MR) is 109 cm³/mol. The highest BCUT2D eigenvalue weighted by Crippen LogP contribution is 2.27. The molecule has 130 valence electrons. The van der Waals surface area contributed by atoms with Gasteiger partial charge in [-0.15, -0.1) is 6.58 Å². The fourth-order valence-electron chi connectivity index (χ4n) is 4.57. The first-order chi connectivity index (χ1) is 12.2. The van der Waals surface area contributed by atoms with Crippen molar-refractivity contribution in [1.82, 2.24) is 5.32 Å². The fraction of sp³-hybridized carbons (Fsp3) is 0.381. The third-order valence-electron chi connectivity index (χ3n) is 5.95. The van der Waals surface area contributed by atoms with Gasteiger partial charge in [0.15, 0.2) is 5.11 Å². The van der Waals surface area contributed by atoms with Crippen LogP contribution in [0, 0.1) is 11.8 Å². The number of hydrogen-bond donors (Lipinski definition) is 3. The number of hydrogen-bond acceptors (Lipinski definition) is 1. The van der Waals surface area contributed by atoms with Crippen LogP contribution in [0.4, 0.5) is 5.69 Å². The van der Waals surface area contributed by atoms with E-state index in [9.17, 15) is 0 Å². The topological polar surface area (TPSA) is 28.5 Å². The van der Waals surface area contributed by atoms with Crippen LogP contribution >= 0.6 is 12.2 Å². The molecule has 0 aliphatic carbocycles. The molecule has 3 nitrogen and oxygen atoms in total. The van der Waals surface area contributed by atoms with E-state index in [-0.39, 0.29) is 0 Å². The maximum Gasteiger partial charge on any atom is 0.171 e. The fourth-order valence-corrected chi connectivity index (χ4v) is 4.77. The van der Waals surface area contributed by atoms with Crippen LogP contribution < -0.4 is 15.5 Å². The Kier molecular flexibility index (Phi) is 4.73. The van der Waals surface area contributed by atoms with Crippen LogP contribution in [0.3, 0.4) is 0 Å². The van der Waals surface area contributed by atoms with E-state index in [0.29, 0.717) is 12.0 Å². The van der Waals surface area contributed by atoms with Crippen molar-refractivity contribution in [2.75, 3.05) is 25.0 Å². The number of fused-ring (bicyclic) bond motifs is 4. The number of thiocarbonyl (C=S) groups is 1. The summed E-state index contributed by atoms with van der Waals surface area (Å²) in [6.07, 6.45) is 4.80. The average molecular weight is 353 g/mol. The van der Waals surface area contributed by atoms with Gasteiger partial charge < -0.3 is 15.5 Å². The summed E-state index contributed by atoms with van der Waals surface area (Å²) in [4.78, 5) is 1.72. The summed E-state index contributed by atoms with van der Waals surface area (Å²) in [5, 5.41) is 9.99. The van der Waals surface area contributed by atoms with Gasteiger partial charge in [-0.05, 0) is 29.6 Å². The van der Waals surface area contributed by atoms with Gasteiger partial charge in [-0.2, -0.15) is 0 Å². The van der Waals surface area contributed by atoms with Gasteiger partial charge in [0, 0.05) is 29.8 Å². The molecule has 3 heterocycles. The highest BCUT2D eigenvalue weighted by atomic mass is 32.1. The Hall–Kier alpha value is -1.91. The van der Waals surface area contributed by atoms with Crippen molar-refractivity contribution >= 4 is 33.8 Å². The van der Waals surface area contributed by atoms with E-state index in [4.69, 9.17) is 12.2 Å². The van der Waals surface area contributed by atoms with E-state index in [1.165, 1.54) is 36.7 Å². The minimum atomic E-state index is 0.669. The van der Waals surface area contributed by atoms with Gasteiger partial charge >= 0.3 is 0 Å². The van der Waals surface area contributed by atoms with Crippen LogP contribution in [-0.4, -0.2) is 30.8 Å². The smallest absolute Gasteiger partial charge is 0.171 e. The zero-order chi connectivity index (χ0) is 17.2. The molecule has 3 aliphatic heterocycles. The van der Waals surface area contributed by atoms with Crippen LogP contribution in [0.5, 0.6) is 0 Å². The van der Waals surface area contributed by atoms with E-state index in [0.717, 1.165) is 23.3 Å². The Labute approximate surface area is 155 Å².